The molecular weight excluding hydrogens is 502 g/mol. The van der Waals surface area contributed by atoms with E-state index in [9.17, 15) is 29.1 Å². The van der Waals surface area contributed by atoms with Gasteiger partial charge in [-0.05, 0) is 42.0 Å². The lowest BCUT2D eigenvalue weighted by Gasteiger charge is -2.21. The van der Waals surface area contributed by atoms with Crippen molar-refractivity contribution in [1.82, 2.24) is 21.3 Å². The number of rotatable bonds is 15. The fourth-order valence-electron chi connectivity index (χ4n) is 3.70. The van der Waals surface area contributed by atoms with Gasteiger partial charge in [-0.1, -0.05) is 56.3 Å². The Morgan fingerprint density at radius 1 is 0.821 bits per heavy atom. The molecule has 0 saturated carbocycles. The first-order valence-electron chi connectivity index (χ1n) is 12.7. The summed E-state index contributed by atoms with van der Waals surface area (Å²) in [6, 6.07) is 12.6. The second-order valence-corrected chi connectivity index (χ2v) is 9.59. The minimum atomic E-state index is -0.989. The van der Waals surface area contributed by atoms with Gasteiger partial charge in [0.15, 0.2) is 0 Å². The van der Waals surface area contributed by atoms with Crippen LogP contribution < -0.4 is 27.0 Å². The van der Waals surface area contributed by atoms with E-state index in [1.54, 1.807) is 36.4 Å². The molecule has 39 heavy (non-hydrogen) atoms. The van der Waals surface area contributed by atoms with Crippen molar-refractivity contribution in [3.8, 4) is 5.75 Å². The minimum absolute atomic E-state index is 0.0966. The highest BCUT2D eigenvalue weighted by Crippen LogP contribution is 2.11. The standard InChI is InChI=1S/C28H36N5O6/c1-18(2)12-21(17-34)32-28(39)24(14-19-6-4-3-5-7-19)33-26(37)16-30-25(36)15-31-27(38)23(29)13-20-8-10-22(35)11-9-20/h3-11,18,21,23-24,35H,12-16,29H2,1-2H3,(H,30,36)(H,31,38)(H,32,39)(H,33,37)/t21-,23-,24-/m0/s1. The van der Waals surface area contributed by atoms with E-state index in [2.05, 4.69) is 21.3 Å². The molecule has 0 aliphatic rings. The molecule has 2 aromatic rings. The van der Waals surface area contributed by atoms with E-state index in [4.69, 9.17) is 5.73 Å². The van der Waals surface area contributed by atoms with Gasteiger partial charge >= 0.3 is 0 Å². The van der Waals surface area contributed by atoms with Gasteiger partial charge in [-0.2, -0.15) is 0 Å². The number of carbonyl (C=O) groups excluding carboxylic acids is 5. The van der Waals surface area contributed by atoms with Crippen LogP contribution in [0.3, 0.4) is 0 Å². The van der Waals surface area contributed by atoms with E-state index in [-0.39, 0.29) is 24.5 Å². The smallest absolute Gasteiger partial charge is 0.243 e. The van der Waals surface area contributed by atoms with Gasteiger partial charge in [0.1, 0.15) is 11.8 Å². The molecule has 1 radical (unpaired) electrons. The van der Waals surface area contributed by atoms with Gasteiger partial charge in [0, 0.05) is 6.42 Å². The summed E-state index contributed by atoms with van der Waals surface area (Å²) in [5.41, 5.74) is 7.42. The van der Waals surface area contributed by atoms with Gasteiger partial charge in [-0.15, -0.1) is 0 Å². The van der Waals surface area contributed by atoms with Crippen LogP contribution in [-0.2, 0) is 36.8 Å². The van der Waals surface area contributed by atoms with E-state index in [1.807, 2.05) is 26.2 Å². The Hall–Kier alpha value is -4.25. The molecule has 0 saturated heterocycles. The summed E-state index contributed by atoms with van der Waals surface area (Å²) in [5, 5.41) is 19.4. The average Bonchev–Trinajstić information content (AvgIpc) is 2.91. The third kappa shape index (κ3) is 11.8. The number of carbonyl (C=O) groups is 4. The van der Waals surface area contributed by atoms with Crippen LogP contribution in [0.1, 0.15) is 31.4 Å². The number of aromatic hydroxyl groups is 1. The Bertz CT molecular complexity index is 1110. The third-order valence-electron chi connectivity index (χ3n) is 5.70. The van der Waals surface area contributed by atoms with Crippen molar-refractivity contribution in [2.45, 2.75) is 51.2 Å². The van der Waals surface area contributed by atoms with Gasteiger partial charge < -0.3 is 32.1 Å². The fraction of sp³-hybridized carbons (Fsp3) is 0.393. The van der Waals surface area contributed by atoms with Gasteiger partial charge in [-0.3, -0.25) is 24.0 Å². The van der Waals surface area contributed by atoms with E-state index in [0.717, 1.165) is 11.1 Å². The summed E-state index contributed by atoms with van der Waals surface area (Å²) in [4.78, 5) is 61.1. The highest BCUT2D eigenvalue weighted by atomic mass is 16.3. The fourth-order valence-corrected chi connectivity index (χ4v) is 3.70. The largest absolute Gasteiger partial charge is 0.508 e. The van der Waals surface area contributed by atoms with Gasteiger partial charge in [-0.25, -0.2) is 0 Å². The maximum atomic E-state index is 12.9. The third-order valence-corrected chi connectivity index (χ3v) is 5.70. The molecule has 3 atom stereocenters. The summed E-state index contributed by atoms with van der Waals surface area (Å²) >= 11 is 0. The van der Waals surface area contributed by atoms with Crippen molar-refractivity contribution in [3.05, 3.63) is 65.7 Å². The molecule has 0 fully saturated rings. The maximum absolute atomic E-state index is 12.9. The molecule has 4 amide bonds. The molecule has 0 aliphatic carbocycles. The topological polar surface area (TPSA) is 180 Å². The van der Waals surface area contributed by atoms with Gasteiger partial charge in [0.2, 0.25) is 29.9 Å². The van der Waals surface area contributed by atoms with Crippen molar-refractivity contribution in [2.75, 3.05) is 13.1 Å². The van der Waals surface area contributed by atoms with Crippen LogP contribution in [0.25, 0.3) is 0 Å². The Balaban J connectivity index is 1.86. The molecule has 2 rings (SSSR count). The minimum Gasteiger partial charge on any atom is -0.508 e. The van der Waals surface area contributed by atoms with Crippen molar-refractivity contribution < 1.29 is 29.1 Å². The number of phenolic OH excluding ortho intramolecular Hbond substituents is 1. The zero-order valence-electron chi connectivity index (χ0n) is 22.1. The first-order valence-corrected chi connectivity index (χ1v) is 12.7. The van der Waals surface area contributed by atoms with Crippen LogP contribution in [0.5, 0.6) is 5.75 Å². The van der Waals surface area contributed by atoms with Crippen LogP contribution in [0.4, 0.5) is 0 Å². The van der Waals surface area contributed by atoms with E-state index in [0.29, 0.717) is 6.42 Å². The molecule has 0 aromatic heterocycles. The Labute approximate surface area is 227 Å². The molecule has 0 heterocycles. The van der Waals surface area contributed by atoms with E-state index < -0.39 is 54.8 Å². The molecule has 0 aliphatic heterocycles. The molecule has 2 aromatic carbocycles. The summed E-state index contributed by atoms with van der Waals surface area (Å²) in [5.74, 6) is -2.08. The average molecular weight is 539 g/mol. The lowest BCUT2D eigenvalue weighted by molar-refractivity contribution is -0.130. The molecule has 11 heteroatoms. The van der Waals surface area contributed by atoms with E-state index in [1.165, 1.54) is 12.1 Å². The normalized spacial score (nSPS) is 13.0. The number of phenols is 1. The summed E-state index contributed by atoms with van der Waals surface area (Å²) in [6.07, 6.45) is 2.61. The molecule has 209 valence electrons. The van der Waals surface area contributed by atoms with Crippen molar-refractivity contribution in [3.63, 3.8) is 0 Å². The second kappa shape index (κ2) is 15.9. The molecule has 11 nitrogen and oxygen atoms in total. The van der Waals surface area contributed by atoms with Crippen LogP contribution in [0, 0.1) is 5.92 Å². The number of hydrogen-bond donors (Lipinski definition) is 6. The zero-order chi connectivity index (χ0) is 28.8. The second-order valence-electron chi connectivity index (χ2n) is 9.59. The van der Waals surface area contributed by atoms with Crippen molar-refractivity contribution in [2.24, 2.45) is 11.7 Å². The highest BCUT2D eigenvalue weighted by Gasteiger charge is 2.24. The molecule has 0 unspecified atom stereocenters. The summed E-state index contributed by atoms with van der Waals surface area (Å²) in [7, 11) is 0. The Morgan fingerprint density at radius 3 is 2.05 bits per heavy atom. The number of amides is 4. The number of benzene rings is 2. The quantitative estimate of drug-likeness (QED) is 0.183. The Morgan fingerprint density at radius 2 is 1.44 bits per heavy atom. The summed E-state index contributed by atoms with van der Waals surface area (Å²) < 4.78 is 0. The van der Waals surface area contributed by atoms with Crippen LogP contribution in [-0.4, -0.2) is 66.2 Å². The van der Waals surface area contributed by atoms with Gasteiger partial charge in [0.25, 0.3) is 0 Å². The lowest BCUT2D eigenvalue weighted by Crippen LogP contribution is -2.53. The first-order chi connectivity index (χ1) is 18.6. The summed E-state index contributed by atoms with van der Waals surface area (Å²) in [6.45, 7) is 3.00. The Kier molecular flexibility index (Phi) is 12.6. The van der Waals surface area contributed by atoms with Crippen molar-refractivity contribution >= 4 is 29.9 Å². The molecule has 0 spiro atoms. The monoisotopic (exact) mass is 538 g/mol. The van der Waals surface area contributed by atoms with Crippen molar-refractivity contribution in [1.29, 1.82) is 0 Å². The maximum Gasteiger partial charge on any atom is 0.243 e. The molecule has 0 bridgehead atoms. The SMILES string of the molecule is CC(C)C[C@@H]([C]=O)NC(=O)[C@H](Cc1ccccc1)NC(=O)CNC(=O)CNC(=O)[C@@H](N)Cc1ccc(O)cc1. The molecular formula is C28H36N5O6. The zero-order valence-corrected chi connectivity index (χ0v) is 22.1. The van der Waals surface area contributed by atoms with Gasteiger partial charge in [0.05, 0.1) is 25.2 Å². The van der Waals surface area contributed by atoms with Crippen LogP contribution in [0.2, 0.25) is 0 Å². The van der Waals surface area contributed by atoms with Crippen LogP contribution in [0.15, 0.2) is 54.6 Å². The van der Waals surface area contributed by atoms with E-state index >= 15 is 0 Å². The highest BCUT2D eigenvalue weighted by molar-refractivity contribution is 5.92. The number of nitrogens with two attached hydrogens (primary N) is 1. The number of hydrogen-bond acceptors (Lipinski definition) is 7. The molecule has 7 N–H and O–H groups in total. The first kappa shape index (κ1) is 31.0. The lowest BCUT2D eigenvalue weighted by atomic mass is 10.0. The van der Waals surface area contributed by atoms with Crippen LogP contribution >= 0.6 is 0 Å². The number of nitrogens with one attached hydrogen (secondary N) is 4. The predicted octanol–water partition coefficient (Wildman–Crippen LogP) is -0.137. The predicted molar refractivity (Wildman–Crippen MR) is 145 cm³/mol.